The fourth-order valence-electron chi connectivity index (χ4n) is 3.20. The Hall–Kier alpha value is -3.47. The Bertz CT molecular complexity index is 970. The first-order valence-corrected chi connectivity index (χ1v) is 8.92. The molecule has 1 atom stereocenters. The fraction of sp³-hybridized carbons (Fsp3) is 0.136. The second kappa shape index (κ2) is 7.41. The number of hydrogen-bond acceptors (Lipinski definition) is 4. The van der Waals surface area contributed by atoms with Crippen LogP contribution in [0.2, 0.25) is 0 Å². The zero-order chi connectivity index (χ0) is 18.6. The smallest absolute Gasteiger partial charge is 0.273 e. The van der Waals surface area contributed by atoms with Crippen molar-refractivity contribution in [3.05, 3.63) is 90.1 Å². The van der Waals surface area contributed by atoms with Crippen molar-refractivity contribution >= 4 is 23.1 Å². The van der Waals surface area contributed by atoms with Crippen LogP contribution in [0.25, 0.3) is 0 Å². The van der Waals surface area contributed by atoms with E-state index in [1.807, 2.05) is 72.6 Å². The van der Waals surface area contributed by atoms with Gasteiger partial charge in [0.1, 0.15) is 11.5 Å². The highest BCUT2D eigenvalue weighted by Gasteiger charge is 2.32. The summed E-state index contributed by atoms with van der Waals surface area (Å²) < 4.78 is 0. The number of hydrazone groups is 1. The molecule has 1 aliphatic heterocycles. The molecule has 0 radical (unpaired) electrons. The van der Waals surface area contributed by atoms with E-state index in [1.54, 1.807) is 6.20 Å². The van der Waals surface area contributed by atoms with Crippen LogP contribution in [0.5, 0.6) is 0 Å². The molecule has 1 aliphatic rings. The maximum atomic E-state index is 12.8. The van der Waals surface area contributed by atoms with Gasteiger partial charge >= 0.3 is 0 Å². The van der Waals surface area contributed by atoms with E-state index in [1.165, 1.54) is 0 Å². The summed E-state index contributed by atoms with van der Waals surface area (Å²) >= 11 is 0. The van der Waals surface area contributed by atoms with Crippen LogP contribution in [0.3, 0.4) is 0 Å². The number of anilines is 2. The normalized spacial score (nSPS) is 16.1. The van der Waals surface area contributed by atoms with Crippen molar-refractivity contribution in [2.75, 3.05) is 10.3 Å². The van der Waals surface area contributed by atoms with Crippen LogP contribution in [-0.2, 0) is 4.79 Å². The summed E-state index contributed by atoms with van der Waals surface area (Å²) in [6, 6.07) is 23.8. The van der Waals surface area contributed by atoms with Crippen LogP contribution in [0.1, 0.15) is 23.6 Å². The molecule has 1 amide bonds. The molecule has 2 aromatic carbocycles. The minimum Gasteiger partial charge on any atom is -0.305 e. The molecular weight excluding hydrogens is 336 g/mol. The first kappa shape index (κ1) is 17.0. The molecule has 134 valence electrons. The molecule has 4 rings (SSSR count). The van der Waals surface area contributed by atoms with Crippen LogP contribution in [0, 0.1) is 6.92 Å². The van der Waals surface area contributed by atoms with Crippen LogP contribution < -0.4 is 10.3 Å². The lowest BCUT2D eigenvalue weighted by Crippen LogP contribution is -2.23. The standard InChI is InChI=1S/C22H20N4O/c1-16-9-8-14-23-21(16)24-22(27)19-15-20(17-10-4-2-5-11-17)26(25-19)18-12-6-3-7-13-18/h2-14,20H,15H2,1H3,(H,23,24,27). The Morgan fingerprint density at radius 3 is 2.41 bits per heavy atom. The van der Waals surface area contributed by atoms with Crippen LogP contribution in [0.15, 0.2) is 84.1 Å². The Kier molecular flexibility index (Phi) is 4.66. The molecule has 3 aromatic rings. The molecule has 0 saturated carbocycles. The van der Waals surface area contributed by atoms with E-state index in [9.17, 15) is 4.79 Å². The molecule has 1 aromatic heterocycles. The first-order valence-electron chi connectivity index (χ1n) is 8.92. The Morgan fingerprint density at radius 1 is 1.00 bits per heavy atom. The van der Waals surface area contributed by atoms with Crippen LogP contribution in [-0.4, -0.2) is 16.6 Å². The summed E-state index contributed by atoms with van der Waals surface area (Å²) in [7, 11) is 0. The van der Waals surface area contributed by atoms with Crippen molar-refractivity contribution in [3.63, 3.8) is 0 Å². The predicted octanol–water partition coefficient (Wildman–Crippen LogP) is 4.34. The van der Waals surface area contributed by atoms with Crippen molar-refractivity contribution in [1.29, 1.82) is 0 Å². The van der Waals surface area contributed by atoms with Gasteiger partial charge in [-0.05, 0) is 36.2 Å². The molecule has 27 heavy (non-hydrogen) atoms. The highest BCUT2D eigenvalue weighted by atomic mass is 16.2. The Labute approximate surface area is 158 Å². The summed E-state index contributed by atoms with van der Waals surface area (Å²) in [4.78, 5) is 17.1. The number of carbonyl (C=O) groups is 1. The van der Waals surface area contributed by atoms with Gasteiger partial charge in [0.25, 0.3) is 5.91 Å². The van der Waals surface area contributed by atoms with Gasteiger partial charge in [-0.25, -0.2) is 4.98 Å². The van der Waals surface area contributed by atoms with Crippen LogP contribution in [0.4, 0.5) is 11.5 Å². The highest BCUT2D eigenvalue weighted by molar-refractivity contribution is 6.43. The lowest BCUT2D eigenvalue weighted by Gasteiger charge is -2.23. The molecular formula is C22H20N4O. The zero-order valence-corrected chi connectivity index (χ0v) is 15.0. The third-order valence-corrected chi connectivity index (χ3v) is 4.62. The highest BCUT2D eigenvalue weighted by Crippen LogP contribution is 2.35. The van der Waals surface area contributed by atoms with Gasteiger partial charge in [-0.2, -0.15) is 5.10 Å². The largest absolute Gasteiger partial charge is 0.305 e. The topological polar surface area (TPSA) is 57.6 Å². The monoisotopic (exact) mass is 356 g/mol. The Morgan fingerprint density at radius 2 is 1.70 bits per heavy atom. The summed E-state index contributed by atoms with van der Waals surface area (Å²) in [5.74, 6) is 0.357. The number of benzene rings is 2. The molecule has 1 N–H and O–H groups in total. The number of para-hydroxylation sites is 1. The van der Waals surface area contributed by atoms with Crippen molar-refractivity contribution in [2.24, 2.45) is 5.10 Å². The quantitative estimate of drug-likeness (QED) is 0.757. The second-order valence-electron chi connectivity index (χ2n) is 6.48. The molecule has 0 fully saturated rings. The van der Waals surface area contributed by atoms with Gasteiger partial charge in [-0.1, -0.05) is 54.6 Å². The molecule has 1 unspecified atom stereocenters. The SMILES string of the molecule is Cc1cccnc1NC(=O)C1=NN(c2ccccc2)C(c2ccccc2)C1. The summed E-state index contributed by atoms with van der Waals surface area (Å²) in [6.07, 6.45) is 2.21. The first-order chi connectivity index (χ1) is 13.2. The number of amides is 1. The third kappa shape index (κ3) is 3.58. The van der Waals surface area contributed by atoms with E-state index in [-0.39, 0.29) is 11.9 Å². The van der Waals surface area contributed by atoms with Gasteiger partial charge in [0, 0.05) is 12.6 Å². The number of aryl methyl sites for hydroxylation is 1. The number of rotatable bonds is 4. The average molecular weight is 356 g/mol. The maximum absolute atomic E-state index is 12.8. The van der Waals surface area contributed by atoms with E-state index in [4.69, 9.17) is 0 Å². The third-order valence-electron chi connectivity index (χ3n) is 4.62. The number of pyridine rings is 1. The lowest BCUT2D eigenvalue weighted by atomic mass is 10.0. The minimum absolute atomic E-state index is 0.0146. The van der Waals surface area contributed by atoms with Gasteiger partial charge in [0.15, 0.2) is 0 Å². The summed E-state index contributed by atoms with van der Waals surface area (Å²) in [5, 5.41) is 9.47. The number of hydrogen-bond donors (Lipinski definition) is 1. The van der Waals surface area contributed by atoms with Crippen molar-refractivity contribution in [1.82, 2.24) is 4.98 Å². The van der Waals surface area contributed by atoms with E-state index in [0.717, 1.165) is 16.8 Å². The molecule has 2 heterocycles. The number of nitrogens with zero attached hydrogens (tertiary/aromatic N) is 3. The van der Waals surface area contributed by atoms with E-state index in [2.05, 4.69) is 27.5 Å². The van der Waals surface area contributed by atoms with Crippen molar-refractivity contribution in [3.8, 4) is 0 Å². The summed E-state index contributed by atoms with van der Waals surface area (Å²) in [5.41, 5.74) is 3.51. The van der Waals surface area contributed by atoms with Gasteiger partial charge in [-0.3, -0.25) is 9.80 Å². The molecule has 5 nitrogen and oxygen atoms in total. The summed E-state index contributed by atoms with van der Waals surface area (Å²) in [6.45, 7) is 1.92. The van der Waals surface area contributed by atoms with Gasteiger partial charge < -0.3 is 5.32 Å². The predicted molar refractivity (Wildman–Crippen MR) is 108 cm³/mol. The molecule has 0 aliphatic carbocycles. The number of carbonyl (C=O) groups excluding carboxylic acids is 1. The fourth-order valence-corrected chi connectivity index (χ4v) is 3.20. The molecule has 0 saturated heterocycles. The van der Waals surface area contributed by atoms with Gasteiger partial charge in [-0.15, -0.1) is 0 Å². The molecule has 0 bridgehead atoms. The van der Waals surface area contributed by atoms with E-state index < -0.39 is 0 Å². The maximum Gasteiger partial charge on any atom is 0.273 e. The van der Waals surface area contributed by atoms with Gasteiger partial charge in [0.05, 0.1) is 11.7 Å². The van der Waals surface area contributed by atoms with E-state index in [0.29, 0.717) is 18.0 Å². The van der Waals surface area contributed by atoms with Gasteiger partial charge in [0.2, 0.25) is 0 Å². The zero-order valence-electron chi connectivity index (χ0n) is 15.0. The number of aromatic nitrogens is 1. The lowest BCUT2D eigenvalue weighted by molar-refractivity contribution is -0.110. The second-order valence-corrected chi connectivity index (χ2v) is 6.48. The van der Waals surface area contributed by atoms with Crippen molar-refractivity contribution in [2.45, 2.75) is 19.4 Å². The van der Waals surface area contributed by atoms with Crippen LogP contribution >= 0.6 is 0 Å². The average Bonchev–Trinajstić information content (AvgIpc) is 3.17. The minimum atomic E-state index is -0.212. The molecule has 5 heteroatoms. The molecule has 0 spiro atoms. The van der Waals surface area contributed by atoms with E-state index >= 15 is 0 Å². The Balaban J connectivity index is 1.63. The number of nitrogens with one attached hydrogen (secondary N) is 1. The van der Waals surface area contributed by atoms with Crippen molar-refractivity contribution < 1.29 is 4.79 Å².